The summed E-state index contributed by atoms with van der Waals surface area (Å²) in [7, 11) is 1.80. The summed E-state index contributed by atoms with van der Waals surface area (Å²) in [6.45, 7) is 1.12. The molecule has 0 saturated carbocycles. The lowest BCUT2D eigenvalue weighted by Crippen LogP contribution is -2.48. The predicted molar refractivity (Wildman–Crippen MR) is 132 cm³/mol. The maximum Gasteiger partial charge on any atom is 0.263 e. The number of carbonyl (C=O) groups excluding carboxylic acids is 2. The van der Waals surface area contributed by atoms with Crippen LogP contribution in [0.1, 0.15) is 38.4 Å². The Labute approximate surface area is 206 Å². The Kier molecular flexibility index (Phi) is 6.59. The minimum absolute atomic E-state index is 0.0581. The highest BCUT2D eigenvalue weighted by Gasteiger charge is 2.34. The molecule has 7 nitrogen and oxygen atoms in total. The summed E-state index contributed by atoms with van der Waals surface area (Å²) in [5.74, 6) is -0.277. The van der Waals surface area contributed by atoms with Gasteiger partial charge in [-0.25, -0.2) is 13.9 Å². The zero-order valence-electron chi connectivity index (χ0n) is 19.4. The van der Waals surface area contributed by atoms with Gasteiger partial charge in [-0.3, -0.25) is 9.59 Å². The molecular weight excluding hydrogens is 465 g/mol. The first-order valence-electron chi connectivity index (χ1n) is 11.6. The second kappa shape index (κ2) is 9.95. The summed E-state index contributed by atoms with van der Waals surface area (Å²) in [6.07, 6.45) is 6.84. The first-order chi connectivity index (χ1) is 17.0. The fourth-order valence-electron chi connectivity index (χ4n) is 4.87. The molecule has 0 bridgehead atoms. The van der Waals surface area contributed by atoms with Crippen LogP contribution in [0.25, 0.3) is 5.65 Å². The standard InChI is InChI=1S/C26H26FN5O2S/c1-30(26(34)23-8-4-15-35-23)22(16-19-6-2-3-7-21(19)27)18-9-13-31(14-10-18)25(33)20-17-29-32-12-5-11-28-24(20)32/h2-8,11-12,15,17-18,22H,9-10,13-14,16H2,1H3. The highest BCUT2D eigenvalue weighted by molar-refractivity contribution is 7.12. The van der Waals surface area contributed by atoms with Crippen LogP contribution < -0.4 is 0 Å². The molecule has 9 heteroatoms. The van der Waals surface area contributed by atoms with Gasteiger partial charge in [-0.15, -0.1) is 11.3 Å². The molecule has 0 spiro atoms. The third-order valence-electron chi connectivity index (χ3n) is 6.82. The lowest BCUT2D eigenvalue weighted by atomic mass is 9.84. The average Bonchev–Trinajstić information content (AvgIpc) is 3.58. The molecule has 4 aromatic rings. The van der Waals surface area contributed by atoms with Crippen LogP contribution in [-0.2, 0) is 6.42 Å². The van der Waals surface area contributed by atoms with E-state index in [9.17, 15) is 14.0 Å². The molecule has 1 aliphatic rings. The number of amides is 2. The first kappa shape index (κ1) is 23.2. The van der Waals surface area contributed by atoms with Crippen molar-refractivity contribution in [2.45, 2.75) is 25.3 Å². The zero-order valence-corrected chi connectivity index (χ0v) is 20.2. The summed E-state index contributed by atoms with van der Waals surface area (Å²) < 4.78 is 16.1. The van der Waals surface area contributed by atoms with E-state index in [2.05, 4.69) is 10.1 Å². The number of fused-ring (bicyclic) bond motifs is 1. The van der Waals surface area contributed by atoms with Gasteiger partial charge in [0.05, 0.1) is 11.1 Å². The highest BCUT2D eigenvalue weighted by atomic mass is 32.1. The van der Waals surface area contributed by atoms with Crippen molar-refractivity contribution in [1.82, 2.24) is 24.4 Å². The van der Waals surface area contributed by atoms with Gasteiger partial charge in [-0.1, -0.05) is 24.3 Å². The number of piperidine rings is 1. The second-order valence-corrected chi connectivity index (χ2v) is 9.78. The van der Waals surface area contributed by atoms with E-state index < -0.39 is 0 Å². The number of benzene rings is 1. The van der Waals surface area contributed by atoms with Crippen LogP contribution in [0, 0.1) is 11.7 Å². The maximum absolute atomic E-state index is 14.5. The topological polar surface area (TPSA) is 70.8 Å². The molecule has 0 N–H and O–H groups in total. The molecule has 1 fully saturated rings. The van der Waals surface area contributed by atoms with Crippen LogP contribution in [0.3, 0.4) is 0 Å². The number of hydrogen-bond donors (Lipinski definition) is 0. The third-order valence-corrected chi connectivity index (χ3v) is 7.68. The minimum atomic E-state index is -0.261. The van der Waals surface area contributed by atoms with Gasteiger partial charge in [0, 0.05) is 38.6 Å². The molecule has 180 valence electrons. The molecule has 0 aliphatic carbocycles. The van der Waals surface area contributed by atoms with Crippen molar-refractivity contribution in [3.63, 3.8) is 0 Å². The Morgan fingerprint density at radius 2 is 1.97 bits per heavy atom. The quantitative estimate of drug-likeness (QED) is 0.406. The lowest BCUT2D eigenvalue weighted by Gasteiger charge is -2.40. The van der Waals surface area contributed by atoms with Crippen molar-refractivity contribution in [3.05, 3.63) is 88.3 Å². The van der Waals surface area contributed by atoms with Gasteiger partial charge in [-0.05, 0) is 54.3 Å². The molecule has 1 saturated heterocycles. The first-order valence-corrected chi connectivity index (χ1v) is 12.5. The van der Waals surface area contributed by atoms with Gasteiger partial charge >= 0.3 is 0 Å². The van der Waals surface area contributed by atoms with E-state index in [4.69, 9.17) is 0 Å². The van der Waals surface area contributed by atoms with Crippen LogP contribution in [-0.4, -0.2) is 62.4 Å². The number of aromatic nitrogens is 3. The minimum Gasteiger partial charge on any atom is -0.338 e. The van der Waals surface area contributed by atoms with E-state index >= 15 is 0 Å². The van der Waals surface area contributed by atoms with E-state index in [1.165, 1.54) is 17.4 Å². The second-order valence-electron chi connectivity index (χ2n) is 8.83. The summed E-state index contributed by atoms with van der Waals surface area (Å²) in [6, 6.07) is 12.0. The van der Waals surface area contributed by atoms with E-state index in [0.29, 0.717) is 41.2 Å². The fraction of sp³-hybridized carbons (Fsp3) is 0.308. The Morgan fingerprint density at radius 3 is 2.71 bits per heavy atom. The Bertz CT molecular complexity index is 1330. The van der Waals surface area contributed by atoms with E-state index in [1.807, 2.05) is 28.5 Å². The number of rotatable bonds is 6. The number of likely N-dealkylation sites (N-methyl/N-ethyl adjacent to an activating group) is 1. The molecule has 4 heterocycles. The summed E-state index contributed by atoms with van der Waals surface area (Å²) in [5.41, 5.74) is 1.62. The molecule has 1 atom stereocenters. The van der Waals surface area contributed by atoms with Crippen molar-refractivity contribution in [3.8, 4) is 0 Å². The number of thiophene rings is 1. The number of hydrogen-bond acceptors (Lipinski definition) is 5. The van der Waals surface area contributed by atoms with Crippen molar-refractivity contribution >= 4 is 28.8 Å². The van der Waals surface area contributed by atoms with Gasteiger partial charge in [0.15, 0.2) is 5.65 Å². The summed E-state index contributed by atoms with van der Waals surface area (Å²) >= 11 is 1.40. The molecule has 35 heavy (non-hydrogen) atoms. The SMILES string of the molecule is CN(C(=O)c1cccs1)C(Cc1ccccc1F)C1CCN(C(=O)c2cnn3cccnc23)CC1. The van der Waals surface area contributed by atoms with E-state index in [-0.39, 0.29) is 29.6 Å². The highest BCUT2D eigenvalue weighted by Crippen LogP contribution is 2.29. The van der Waals surface area contributed by atoms with Crippen molar-refractivity contribution in [2.75, 3.05) is 20.1 Å². The van der Waals surface area contributed by atoms with Gasteiger partial charge in [0.2, 0.25) is 0 Å². The van der Waals surface area contributed by atoms with E-state index in [1.54, 1.807) is 53.3 Å². The predicted octanol–water partition coefficient (Wildman–Crippen LogP) is 4.17. The summed E-state index contributed by atoms with van der Waals surface area (Å²) in [4.78, 5) is 34.9. The van der Waals surface area contributed by atoms with E-state index in [0.717, 1.165) is 12.8 Å². The van der Waals surface area contributed by atoms with Crippen LogP contribution in [0.5, 0.6) is 0 Å². The van der Waals surface area contributed by atoms with Crippen LogP contribution in [0.4, 0.5) is 4.39 Å². The van der Waals surface area contributed by atoms with Crippen molar-refractivity contribution in [1.29, 1.82) is 0 Å². The van der Waals surface area contributed by atoms with Crippen molar-refractivity contribution in [2.24, 2.45) is 5.92 Å². The van der Waals surface area contributed by atoms with Gasteiger partial charge in [0.1, 0.15) is 11.4 Å². The van der Waals surface area contributed by atoms with Crippen LogP contribution >= 0.6 is 11.3 Å². The normalized spacial score (nSPS) is 15.3. The van der Waals surface area contributed by atoms with Crippen LogP contribution in [0.2, 0.25) is 0 Å². The Hall–Kier alpha value is -3.59. The fourth-order valence-corrected chi connectivity index (χ4v) is 5.58. The molecule has 5 rings (SSSR count). The molecular formula is C26H26FN5O2S. The molecule has 1 aromatic carbocycles. The van der Waals surface area contributed by atoms with Crippen molar-refractivity contribution < 1.29 is 14.0 Å². The third kappa shape index (κ3) is 4.68. The maximum atomic E-state index is 14.5. The zero-order chi connectivity index (χ0) is 24.4. The number of halogens is 1. The molecule has 3 aromatic heterocycles. The summed E-state index contributed by atoms with van der Waals surface area (Å²) in [5, 5.41) is 6.11. The number of likely N-dealkylation sites (tertiary alicyclic amines) is 1. The molecule has 0 radical (unpaired) electrons. The van der Waals surface area contributed by atoms with Gasteiger partial charge < -0.3 is 9.80 Å². The largest absolute Gasteiger partial charge is 0.338 e. The average molecular weight is 492 g/mol. The lowest BCUT2D eigenvalue weighted by molar-refractivity contribution is 0.0524. The Balaban J connectivity index is 1.33. The number of nitrogens with zero attached hydrogens (tertiary/aromatic N) is 5. The Morgan fingerprint density at radius 1 is 1.17 bits per heavy atom. The van der Waals surface area contributed by atoms with Gasteiger partial charge in [0.25, 0.3) is 11.8 Å². The van der Waals surface area contributed by atoms with Gasteiger partial charge in [-0.2, -0.15) is 5.10 Å². The molecule has 2 amide bonds. The monoisotopic (exact) mass is 491 g/mol. The smallest absolute Gasteiger partial charge is 0.263 e. The molecule has 1 aliphatic heterocycles. The molecule has 1 unspecified atom stereocenters. The number of carbonyl (C=O) groups is 2. The van der Waals surface area contributed by atoms with Crippen LogP contribution in [0.15, 0.2) is 66.4 Å².